The molecule has 0 aliphatic heterocycles. The van der Waals surface area contributed by atoms with Gasteiger partial charge in [-0.15, -0.1) is 0 Å². The highest BCUT2D eigenvalue weighted by molar-refractivity contribution is 5.38. The molecule has 2 rings (SSSR count). The van der Waals surface area contributed by atoms with Crippen LogP contribution >= 0.6 is 0 Å². The highest BCUT2D eigenvalue weighted by Crippen LogP contribution is 2.43. The Morgan fingerprint density at radius 1 is 0.700 bits per heavy atom. The van der Waals surface area contributed by atoms with Gasteiger partial charge in [0, 0.05) is 0 Å². The topological polar surface area (TPSA) is 40.5 Å². The zero-order chi connectivity index (χ0) is 23.3. The third kappa shape index (κ3) is 7.70. The Morgan fingerprint density at radius 3 is 1.57 bits per heavy atom. The van der Waals surface area contributed by atoms with Crippen molar-refractivity contribution in [3.05, 3.63) is 59.7 Å². The fraction of sp³-hybridized carbons (Fsp3) is 0.571. The van der Waals surface area contributed by atoms with Crippen molar-refractivity contribution in [1.82, 2.24) is 0 Å². The van der Waals surface area contributed by atoms with Gasteiger partial charge in [-0.05, 0) is 57.8 Å². The van der Waals surface area contributed by atoms with Crippen molar-refractivity contribution >= 4 is 0 Å². The Balaban J connectivity index is 0.000000300. The van der Waals surface area contributed by atoms with Crippen molar-refractivity contribution < 1.29 is 10.2 Å². The lowest BCUT2D eigenvalue weighted by molar-refractivity contribution is 0.252. The van der Waals surface area contributed by atoms with Gasteiger partial charge in [0.15, 0.2) is 0 Å². The van der Waals surface area contributed by atoms with Crippen LogP contribution in [0.1, 0.15) is 92.7 Å². The third-order valence-electron chi connectivity index (χ3n) is 5.48. The van der Waals surface area contributed by atoms with Crippen LogP contribution in [0, 0.1) is 16.7 Å². The molecule has 0 amide bonds. The van der Waals surface area contributed by atoms with Crippen molar-refractivity contribution in [2.75, 3.05) is 0 Å². The van der Waals surface area contributed by atoms with Gasteiger partial charge in [0.2, 0.25) is 0 Å². The van der Waals surface area contributed by atoms with E-state index in [2.05, 4.69) is 69.2 Å². The van der Waals surface area contributed by atoms with Gasteiger partial charge in [0.1, 0.15) is 11.5 Å². The number of rotatable bonds is 4. The van der Waals surface area contributed by atoms with Crippen LogP contribution in [-0.4, -0.2) is 10.2 Å². The van der Waals surface area contributed by atoms with E-state index in [1.165, 1.54) is 0 Å². The second-order valence-corrected chi connectivity index (χ2v) is 11.8. The van der Waals surface area contributed by atoms with Crippen molar-refractivity contribution in [3.8, 4) is 11.5 Å². The molecule has 2 aromatic carbocycles. The largest absolute Gasteiger partial charge is 0.508 e. The summed E-state index contributed by atoms with van der Waals surface area (Å²) in [5, 5.41) is 19.7. The van der Waals surface area contributed by atoms with E-state index in [0.29, 0.717) is 23.3 Å². The van der Waals surface area contributed by atoms with Gasteiger partial charge in [0.25, 0.3) is 0 Å². The number of aromatic hydroxyl groups is 2. The minimum absolute atomic E-state index is 0.0175. The first kappa shape index (κ1) is 26.1. The van der Waals surface area contributed by atoms with Gasteiger partial charge >= 0.3 is 0 Å². The summed E-state index contributed by atoms with van der Waals surface area (Å²) in [6.07, 6.45) is 1.05. The Kier molecular flexibility index (Phi) is 8.60. The molecule has 168 valence electrons. The fourth-order valence-corrected chi connectivity index (χ4v) is 5.04. The van der Waals surface area contributed by atoms with Crippen LogP contribution in [0.25, 0.3) is 0 Å². The smallest absolute Gasteiger partial charge is 0.119 e. The Bertz CT molecular complexity index is 789. The predicted molar refractivity (Wildman–Crippen MR) is 130 cm³/mol. The molecule has 2 aromatic rings. The molecule has 30 heavy (non-hydrogen) atoms. The first-order chi connectivity index (χ1) is 13.6. The monoisotopic (exact) mass is 412 g/mol. The third-order valence-corrected chi connectivity index (χ3v) is 5.48. The van der Waals surface area contributed by atoms with E-state index in [9.17, 15) is 10.2 Å². The summed E-state index contributed by atoms with van der Waals surface area (Å²) in [5.74, 6) is 1.75. The Hall–Kier alpha value is -1.96. The number of phenolic OH excluding ortho intramolecular Hbond substituents is 2. The van der Waals surface area contributed by atoms with Gasteiger partial charge in [0.05, 0.1) is 0 Å². The minimum atomic E-state index is 0.0175. The lowest BCUT2D eigenvalue weighted by Gasteiger charge is -2.34. The van der Waals surface area contributed by atoms with Crippen LogP contribution in [0.5, 0.6) is 11.5 Å². The zero-order valence-corrected chi connectivity index (χ0v) is 20.9. The van der Waals surface area contributed by atoms with E-state index in [1.807, 2.05) is 36.4 Å². The standard InChI is InChI=1S/2C14H22O/c1-13(2,3)10-14(4,5)11-8-6-7-9-12(11)15;1-10(2)13(14(3,4)5)11-8-6-7-9-12(11)15/h6-9,15H,10H2,1-5H3;6-10,13,15H,1-5H3. The van der Waals surface area contributed by atoms with Gasteiger partial charge in [-0.25, -0.2) is 0 Å². The zero-order valence-electron chi connectivity index (χ0n) is 20.9. The summed E-state index contributed by atoms with van der Waals surface area (Å²) < 4.78 is 0. The number of benzene rings is 2. The van der Waals surface area contributed by atoms with Crippen LogP contribution in [0.4, 0.5) is 0 Å². The van der Waals surface area contributed by atoms with Crippen molar-refractivity contribution in [3.63, 3.8) is 0 Å². The van der Waals surface area contributed by atoms with Crippen LogP contribution in [0.2, 0.25) is 0 Å². The van der Waals surface area contributed by atoms with Gasteiger partial charge in [-0.1, -0.05) is 106 Å². The summed E-state index contributed by atoms with van der Waals surface area (Å²) in [6, 6.07) is 15.3. The molecule has 0 aliphatic carbocycles. The first-order valence-corrected chi connectivity index (χ1v) is 11.1. The molecule has 0 heterocycles. The molecule has 0 bridgehead atoms. The number of phenols is 2. The van der Waals surface area contributed by atoms with Gasteiger partial charge in [-0.3, -0.25) is 0 Å². The average molecular weight is 413 g/mol. The van der Waals surface area contributed by atoms with Crippen molar-refractivity contribution in [1.29, 1.82) is 0 Å². The maximum Gasteiger partial charge on any atom is 0.119 e. The molecule has 0 saturated heterocycles. The van der Waals surface area contributed by atoms with Crippen molar-refractivity contribution in [2.24, 2.45) is 16.7 Å². The SMILES string of the molecule is CC(C)(C)CC(C)(C)c1ccccc1O.CC(C)C(c1ccccc1O)C(C)(C)C. The number of hydrogen-bond donors (Lipinski definition) is 2. The molecule has 1 atom stereocenters. The summed E-state index contributed by atoms with van der Waals surface area (Å²) in [6.45, 7) is 22.2. The minimum Gasteiger partial charge on any atom is -0.508 e. The average Bonchev–Trinajstić information content (AvgIpc) is 2.54. The summed E-state index contributed by atoms with van der Waals surface area (Å²) in [4.78, 5) is 0. The maximum absolute atomic E-state index is 9.89. The van der Waals surface area contributed by atoms with Crippen LogP contribution in [-0.2, 0) is 5.41 Å². The fourth-order valence-electron chi connectivity index (χ4n) is 5.04. The van der Waals surface area contributed by atoms with E-state index < -0.39 is 0 Å². The maximum atomic E-state index is 9.89. The lowest BCUT2D eigenvalue weighted by atomic mass is 9.70. The molecule has 2 nitrogen and oxygen atoms in total. The molecule has 2 heteroatoms. The van der Waals surface area contributed by atoms with E-state index >= 15 is 0 Å². The molecule has 0 spiro atoms. The number of para-hydroxylation sites is 2. The highest BCUT2D eigenvalue weighted by Gasteiger charge is 2.31. The first-order valence-electron chi connectivity index (χ1n) is 11.1. The van der Waals surface area contributed by atoms with Gasteiger partial charge < -0.3 is 10.2 Å². The summed E-state index contributed by atoms with van der Waals surface area (Å²) >= 11 is 0. The molecule has 0 fully saturated rings. The van der Waals surface area contributed by atoms with E-state index in [4.69, 9.17) is 0 Å². The summed E-state index contributed by atoms with van der Waals surface area (Å²) in [7, 11) is 0. The molecule has 1 unspecified atom stereocenters. The quantitative estimate of drug-likeness (QED) is 0.530. The molecule has 0 aromatic heterocycles. The van der Waals surface area contributed by atoms with Crippen LogP contribution < -0.4 is 0 Å². The van der Waals surface area contributed by atoms with E-state index in [0.717, 1.165) is 17.5 Å². The molecule has 0 aliphatic rings. The molecule has 0 radical (unpaired) electrons. The van der Waals surface area contributed by atoms with E-state index in [-0.39, 0.29) is 16.2 Å². The van der Waals surface area contributed by atoms with E-state index in [1.54, 1.807) is 12.1 Å². The second-order valence-electron chi connectivity index (χ2n) is 11.8. The molecular formula is C28H44O2. The normalized spacial score (nSPS) is 13.6. The highest BCUT2D eigenvalue weighted by atomic mass is 16.3. The molecular weight excluding hydrogens is 368 g/mol. The summed E-state index contributed by atoms with van der Waals surface area (Å²) in [5.41, 5.74) is 2.57. The van der Waals surface area contributed by atoms with Crippen molar-refractivity contribution in [2.45, 2.75) is 87.0 Å². The second kappa shape index (κ2) is 9.90. The lowest BCUT2D eigenvalue weighted by Crippen LogP contribution is -2.24. The molecule has 2 N–H and O–H groups in total. The number of hydrogen-bond acceptors (Lipinski definition) is 2. The molecule has 0 saturated carbocycles. The Labute approximate surface area is 185 Å². The van der Waals surface area contributed by atoms with Gasteiger partial charge in [-0.2, -0.15) is 0 Å². The van der Waals surface area contributed by atoms with Crippen LogP contribution in [0.15, 0.2) is 48.5 Å². The van der Waals surface area contributed by atoms with Crippen LogP contribution in [0.3, 0.4) is 0 Å². The predicted octanol–water partition coefficient (Wildman–Crippen LogP) is 8.28. The Morgan fingerprint density at radius 2 is 1.17 bits per heavy atom.